The van der Waals surface area contributed by atoms with Crippen molar-refractivity contribution < 1.29 is 0 Å². The lowest BCUT2D eigenvalue weighted by Gasteiger charge is -2.18. The fourth-order valence-electron chi connectivity index (χ4n) is 3.45. The van der Waals surface area contributed by atoms with Crippen molar-refractivity contribution >= 4 is 17.7 Å². The fraction of sp³-hybridized carbons (Fsp3) is 0.176. The van der Waals surface area contributed by atoms with Crippen LogP contribution in [0.2, 0.25) is 0 Å². The lowest BCUT2D eigenvalue weighted by atomic mass is 9.86. The van der Waals surface area contributed by atoms with Gasteiger partial charge >= 0.3 is 0 Å². The van der Waals surface area contributed by atoms with Gasteiger partial charge in [0.25, 0.3) is 0 Å². The highest BCUT2D eigenvalue weighted by atomic mass is 14.5. The Hall–Kier alpha value is -1.82. The summed E-state index contributed by atoms with van der Waals surface area (Å²) in [6.07, 6.45) is 11.1. The number of allylic oxidation sites excluding steroid dienone is 4. The Morgan fingerprint density at radius 2 is 1.82 bits per heavy atom. The first-order valence-corrected chi connectivity index (χ1v) is 6.16. The van der Waals surface area contributed by atoms with E-state index in [2.05, 4.69) is 49.6 Å². The second-order valence-corrected chi connectivity index (χ2v) is 5.16. The molecule has 0 radical (unpaired) electrons. The van der Waals surface area contributed by atoms with Gasteiger partial charge < -0.3 is 0 Å². The molecule has 0 saturated heterocycles. The molecular formula is C17H14. The number of rotatable bonds is 1. The molecule has 0 bridgehead atoms. The predicted octanol–water partition coefficient (Wildman–Crippen LogP) is 4.27. The minimum atomic E-state index is 0.695. The summed E-state index contributed by atoms with van der Waals surface area (Å²) in [5, 5.41) is 0. The summed E-state index contributed by atoms with van der Waals surface area (Å²) in [5.74, 6) is 2.12. The minimum Gasteiger partial charge on any atom is -0.0984 e. The number of hydrogen-bond donors (Lipinski definition) is 0. The minimum absolute atomic E-state index is 0.695. The Morgan fingerprint density at radius 1 is 1.06 bits per heavy atom. The molecule has 0 heterocycles. The van der Waals surface area contributed by atoms with Crippen LogP contribution in [0.15, 0.2) is 43.5 Å². The molecule has 3 atom stereocenters. The summed E-state index contributed by atoms with van der Waals surface area (Å²) < 4.78 is 0. The van der Waals surface area contributed by atoms with Crippen molar-refractivity contribution in [3.05, 3.63) is 65.8 Å². The van der Waals surface area contributed by atoms with Crippen LogP contribution in [0, 0.1) is 11.8 Å². The standard InChI is InChI=1S/C17H14/c1-3-11-5-6-12-7-9-14-13-8-4-10(2)15(11)16(12)17(13)14/h3-9,13-14,17H,1-2H2. The molecule has 0 spiro atoms. The molecule has 82 valence electrons. The van der Waals surface area contributed by atoms with E-state index >= 15 is 0 Å². The third-order valence-electron chi connectivity index (χ3n) is 4.34. The van der Waals surface area contributed by atoms with Gasteiger partial charge in [0.05, 0.1) is 0 Å². The largest absolute Gasteiger partial charge is 0.0984 e. The van der Waals surface area contributed by atoms with Gasteiger partial charge in [-0.1, -0.05) is 55.7 Å². The molecule has 0 heteroatoms. The van der Waals surface area contributed by atoms with E-state index in [0.717, 1.165) is 11.5 Å². The Labute approximate surface area is 102 Å². The van der Waals surface area contributed by atoms with Crippen molar-refractivity contribution in [2.24, 2.45) is 11.8 Å². The first kappa shape index (κ1) is 9.23. The van der Waals surface area contributed by atoms with Gasteiger partial charge in [-0.2, -0.15) is 0 Å². The van der Waals surface area contributed by atoms with Gasteiger partial charge in [0.15, 0.2) is 0 Å². The second-order valence-electron chi connectivity index (χ2n) is 5.16. The van der Waals surface area contributed by atoms with E-state index < -0.39 is 0 Å². The van der Waals surface area contributed by atoms with Crippen LogP contribution in [0.4, 0.5) is 0 Å². The zero-order valence-electron chi connectivity index (χ0n) is 9.69. The normalized spacial score (nSPS) is 30.8. The highest BCUT2D eigenvalue weighted by Crippen LogP contribution is 2.62. The number of fused-ring (bicyclic) bond motifs is 1. The quantitative estimate of drug-likeness (QED) is 0.660. The van der Waals surface area contributed by atoms with Crippen molar-refractivity contribution in [3.63, 3.8) is 0 Å². The smallest absolute Gasteiger partial charge is 0.00118 e. The molecular weight excluding hydrogens is 204 g/mol. The topological polar surface area (TPSA) is 0 Å². The van der Waals surface area contributed by atoms with E-state index in [1.54, 1.807) is 0 Å². The number of hydrogen-bond acceptors (Lipinski definition) is 0. The van der Waals surface area contributed by atoms with Crippen molar-refractivity contribution in [2.45, 2.75) is 5.92 Å². The van der Waals surface area contributed by atoms with Gasteiger partial charge in [-0.15, -0.1) is 0 Å². The molecule has 0 N–H and O–H groups in total. The van der Waals surface area contributed by atoms with Crippen molar-refractivity contribution in [1.82, 2.24) is 0 Å². The van der Waals surface area contributed by atoms with Crippen LogP contribution in [0.3, 0.4) is 0 Å². The monoisotopic (exact) mass is 218 g/mol. The van der Waals surface area contributed by atoms with Gasteiger partial charge in [-0.3, -0.25) is 0 Å². The van der Waals surface area contributed by atoms with Crippen molar-refractivity contribution in [2.75, 3.05) is 0 Å². The molecule has 4 rings (SSSR count). The first-order valence-electron chi connectivity index (χ1n) is 6.16. The maximum absolute atomic E-state index is 4.21. The fourth-order valence-corrected chi connectivity index (χ4v) is 3.45. The first-order chi connectivity index (χ1) is 8.31. The average Bonchev–Trinajstić information content (AvgIpc) is 3.09. The van der Waals surface area contributed by atoms with Crippen molar-refractivity contribution in [3.8, 4) is 0 Å². The summed E-state index contributed by atoms with van der Waals surface area (Å²) >= 11 is 0. The molecule has 3 unspecified atom stereocenters. The number of benzene rings is 1. The van der Waals surface area contributed by atoms with Crippen molar-refractivity contribution in [1.29, 1.82) is 0 Å². The van der Waals surface area contributed by atoms with Crippen LogP contribution in [-0.2, 0) is 0 Å². The lowest BCUT2D eigenvalue weighted by molar-refractivity contribution is 0.987. The highest BCUT2D eigenvalue weighted by Gasteiger charge is 2.51. The van der Waals surface area contributed by atoms with Gasteiger partial charge in [0, 0.05) is 0 Å². The zero-order valence-corrected chi connectivity index (χ0v) is 9.69. The van der Waals surface area contributed by atoms with E-state index in [9.17, 15) is 0 Å². The average molecular weight is 218 g/mol. The molecule has 1 aromatic rings. The van der Waals surface area contributed by atoms with Crippen LogP contribution in [0.25, 0.3) is 17.7 Å². The Bertz CT molecular complexity index is 613. The van der Waals surface area contributed by atoms with E-state index in [0.29, 0.717) is 11.8 Å². The van der Waals surface area contributed by atoms with Crippen LogP contribution < -0.4 is 0 Å². The SMILES string of the molecule is C=Cc1ccc2c3c1C(=C)C=CC1C(C=C2)C31. The van der Waals surface area contributed by atoms with E-state index in [4.69, 9.17) is 0 Å². The summed E-state index contributed by atoms with van der Waals surface area (Å²) in [6, 6.07) is 4.38. The molecule has 1 fully saturated rings. The lowest BCUT2D eigenvalue weighted by Crippen LogP contribution is -2.00. The molecule has 3 aliphatic carbocycles. The van der Waals surface area contributed by atoms with Gasteiger partial charge in [-0.25, -0.2) is 0 Å². The molecule has 1 saturated carbocycles. The summed E-state index contributed by atoms with van der Waals surface area (Å²) in [7, 11) is 0. The van der Waals surface area contributed by atoms with Gasteiger partial charge in [-0.05, 0) is 45.6 Å². The van der Waals surface area contributed by atoms with Crippen LogP contribution in [0.5, 0.6) is 0 Å². The summed E-state index contributed by atoms with van der Waals surface area (Å²) in [4.78, 5) is 0. The maximum Gasteiger partial charge on any atom is -0.00118 e. The highest BCUT2D eigenvalue weighted by molar-refractivity contribution is 5.86. The Morgan fingerprint density at radius 3 is 2.59 bits per heavy atom. The van der Waals surface area contributed by atoms with Crippen LogP contribution >= 0.6 is 0 Å². The molecule has 0 aromatic heterocycles. The molecule has 1 aromatic carbocycles. The van der Waals surface area contributed by atoms with Crippen LogP contribution in [0.1, 0.15) is 28.2 Å². The molecule has 0 amide bonds. The Balaban J connectivity index is 2.12. The third-order valence-corrected chi connectivity index (χ3v) is 4.34. The van der Waals surface area contributed by atoms with E-state index in [1.165, 1.54) is 22.3 Å². The maximum atomic E-state index is 4.21. The van der Waals surface area contributed by atoms with Gasteiger partial charge in [0.1, 0.15) is 0 Å². The Kier molecular flexibility index (Phi) is 1.57. The second kappa shape index (κ2) is 2.89. The zero-order chi connectivity index (χ0) is 11.6. The predicted molar refractivity (Wildman–Crippen MR) is 73.5 cm³/mol. The van der Waals surface area contributed by atoms with Gasteiger partial charge in [0.2, 0.25) is 0 Å². The summed E-state index contributed by atoms with van der Waals surface area (Å²) in [5.41, 5.74) is 6.57. The van der Waals surface area contributed by atoms with Crippen LogP contribution in [-0.4, -0.2) is 0 Å². The molecule has 0 nitrogen and oxygen atoms in total. The molecule has 0 aliphatic heterocycles. The van der Waals surface area contributed by atoms with E-state index in [1.807, 2.05) is 6.08 Å². The molecule has 17 heavy (non-hydrogen) atoms. The third kappa shape index (κ3) is 1.03. The summed E-state index contributed by atoms with van der Waals surface area (Å²) in [6.45, 7) is 8.14. The molecule has 3 aliphatic rings. The van der Waals surface area contributed by atoms with E-state index in [-0.39, 0.29) is 0 Å².